The maximum Gasteiger partial charge on any atom is 0.153 e. The average Bonchev–Trinajstić information content (AvgIpc) is 3.06. The molecule has 1 aromatic carbocycles. The van der Waals surface area contributed by atoms with Crippen molar-refractivity contribution in [2.24, 2.45) is 0 Å². The monoisotopic (exact) mass is 391 g/mol. The first-order valence-electron chi connectivity index (χ1n) is 8.50. The van der Waals surface area contributed by atoms with Crippen LogP contribution in [0, 0.1) is 0 Å². The van der Waals surface area contributed by atoms with E-state index in [4.69, 9.17) is 27.9 Å². The van der Waals surface area contributed by atoms with Crippen LogP contribution in [0.1, 0.15) is 11.3 Å². The SMILES string of the molecule is Clc1ccc(CNc2ccc3ncc(CN4CCOCC4)n3n2)cc1Cl. The van der Waals surface area contributed by atoms with E-state index in [0.29, 0.717) is 16.6 Å². The molecule has 0 unspecified atom stereocenters. The Balaban J connectivity index is 1.48. The molecule has 0 aliphatic carbocycles. The third-order valence-electron chi connectivity index (χ3n) is 4.38. The summed E-state index contributed by atoms with van der Waals surface area (Å²) in [6, 6.07) is 9.50. The molecule has 1 aliphatic heterocycles. The second-order valence-electron chi connectivity index (χ2n) is 6.23. The van der Waals surface area contributed by atoms with Crippen LogP contribution in [0.4, 0.5) is 5.82 Å². The Labute approximate surface area is 161 Å². The lowest BCUT2D eigenvalue weighted by atomic mass is 10.2. The van der Waals surface area contributed by atoms with Gasteiger partial charge in [0.2, 0.25) is 0 Å². The second kappa shape index (κ2) is 7.80. The number of hydrogen-bond donors (Lipinski definition) is 1. The van der Waals surface area contributed by atoms with Crippen molar-refractivity contribution in [1.29, 1.82) is 0 Å². The smallest absolute Gasteiger partial charge is 0.153 e. The van der Waals surface area contributed by atoms with Gasteiger partial charge in [-0.1, -0.05) is 29.3 Å². The van der Waals surface area contributed by atoms with E-state index >= 15 is 0 Å². The van der Waals surface area contributed by atoms with E-state index in [0.717, 1.165) is 55.6 Å². The van der Waals surface area contributed by atoms with Crippen LogP contribution in [0.25, 0.3) is 5.65 Å². The molecule has 136 valence electrons. The van der Waals surface area contributed by atoms with Crippen molar-refractivity contribution in [2.75, 3.05) is 31.6 Å². The van der Waals surface area contributed by atoms with Gasteiger partial charge in [0.1, 0.15) is 5.82 Å². The molecule has 3 heterocycles. The fourth-order valence-electron chi connectivity index (χ4n) is 2.95. The molecule has 0 radical (unpaired) electrons. The molecular formula is C18H19Cl2N5O. The van der Waals surface area contributed by atoms with Gasteiger partial charge in [-0.05, 0) is 29.8 Å². The molecule has 1 fully saturated rings. The minimum absolute atomic E-state index is 0.553. The highest BCUT2D eigenvalue weighted by Gasteiger charge is 2.14. The minimum atomic E-state index is 0.553. The number of nitrogens with zero attached hydrogens (tertiary/aromatic N) is 4. The van der Waals surface area contributed by atoms with Crippen molar-refractivity contribution >= 4 is 34.7 Å². The molecular weight excluding hydrogens is 373 g/mol. The summed E-state index contributed by atoms with van der Waals surface area (Å²) in [5.41, 5.74) is 2.95. The highest BCUT2D eigenvalue weighted by Crippen LogP contribution is 2.23. The van der Waals surface area contributed by atoms with E-state index in [1.165, 1.54) is 0 Å². The van der Waals surface area contributed by atoms with Crippen LogP contribution in [0.5, 0.6) is 0 Å². The standard InChI is InChI=1S/C18H19Cl2N5O/c19-15-2-1-13(9-16(15)20)10-21-17-3-4-18-22-11-14(25(18)23-17)12-24-5-7-26-8-6-24/h1-4,9,11H,5-8,10,12H2,(H,21,23). The van der Waals surface area contributed by atoms with Crippen LogP contribution in [-0.4, -0.2) is 45.8 Å². The van der Waals surface area contributed by atoms with Crippen molar-refractivity contribution < 1.29 is 4.74 Å². The van der Waals surface area contributed by atoms with Gasteiger partial charge in [0.25, 0.3) is 0 Å². The zero-order valence-electron chi connectivity index (χ0n) is 14.2. The molecule has 1 N–H and O–H groups in total. The molecule has 0 spiro atoms. The van der Waals surface area contributed by atoms with E-state index in [1.54, 1.807) is 6.07 Å². The molecule has 2 aromatic heterocycles. The van der Waals surface area contributed by atoms with Gasteiger partial charge in [0.15, 0.2) is 5.65 Å². The van der Waals surface area contributed by atoms with Crippen LogP contribution < -0.4 is 5.32 Å². The molecule has 4 rings (SSSR count). The molecule has 1 saturated heterocycles. The maximum absolute atomic E-state index is 6.07. The lowest BCUT2D eigenvalue weighted by Crippen LogP contribution is -2.36. The normalized spacial score (nSPS) is 15.5. The summed E-state index contributed by atoms with van der Waals surface area (Å²) in [5.74, 6) is 0.782. The summed E-state index contributed by atoms with van der Waals surface area (Å²) in [7, 11) is 0. The Bertz CT molecular complexity index is 908. The van der Waals surface area contributed by atoms with Gasteiger partial charge in [-0.2, -0.15) is 0 Å². The quantitative estimate of drug-likeness (QED) is 0.721. The Kier molecular flexibility index (Phi) is 5.26. The Morgan fingerprint density at radius 2 is 1.92 bits per heavy atom. The van der Waals surface area contributed by atoms with Gasteiger partial charge in [0.05, 0.1) is 35.1 Å². The third-order valence-corrected chi connectivity index (χ3v) is 5.12. The number of ether oxygens (including phenoxy) is 1. The topological polar surface area (TPSA) is 54.7 Å². The van der Waals surface area contributed by atoms with Crippen LogP contribution in [0.3, 0.4) is 0 Å². The summed E-state index contributed by atoms with van der Waals surface area (Å²) in [4.78, 5) is 6.80. The maximum atomic E-state index is 6.07. The summed E-state index contributed by atoms with van der Waals surface area (Å²) < 4.78 is 7.30. The Morgan fingerprint density at radius 3 is 2.73 bits per heavy atom. The van der Waals surface area contributed by atoms with E-state index < -0.39 is 0 Å². The lowest BCUT2D eigenvalue weighted by molar-refractivity contribution is 0.0334. The molecule has 26 heavy (non-hydrogen) atoms. The van der Waals surface area contributed by atoms with Crippen molar-refractivity contribution in [1.82, 2.24) is 19.5 Å². The lowest BCUT2D eigenvalue weighted by Gasteiger charge is -2.25. The molecule has 0 amide bonds. The molecule has 3 aromatic rings. The zero-order chi connectivity index (χ0) is 17.9. The number of imidazole rings is 1. The summed E-state index contributed by atoms with van der Waals surface area (Å²) in [5, 5.41) is 9.12. The number of benzene rings is 1. The molecule has 0 saturated carbocycles. The van der Waals surface area contributed by atoms with E-state index in [9.17, 15) is 0 Å². The molecule has 6 nitrogen and oxygen atoms in total. The van der Waals surface area contributed by atoms with Gasteiger partial charge in [0, 0.05) is 26.2 Å². The van der Waals surface area contributed by atoms with Crippen molar-refractivity contribution in [3.8, 4) is 0 Å². The highest BCUT2D eigenvalue weighted by atomic mass is 35.5. The summed E-state index contributed by atoms with van der Waals surface area (Å²) in [6.45, 7) is 4.85. The zero-order valence-corrected chi connectivity index (χ0v) is 15.7. The van der Waals surface area contributed by atoms with Gasteiger partial charge >= 0.3 is 0 Å². The molecule has 1 aliphatic rings. The fraction of sp³-hybridized carbons (Fsp3) is 0.333. The number of aromatic nitrogens is 3. The summed E-state index contributed by atoms with van der Waals surface area (Å²) >= 11 is 12.0. The van der Waals surface area contributed by atoms with Crippen molar-refractivity contribution in [2.45, 2.75) is 13.1 Å². The van der Waals surface area contributed by atoms with Gasteiger partial charge in [-0.25, -0.2) is 9.50 Å². The van der Waals surface area contributed by atoms with Crippen LogP contribution in [0.15, 0.2) is 36.5 Å². The van der Waals surface area contributed by atoms with Crippen molar-refractivity contribution in [3.63, 3.8) is 0 Å². The fourth-order valence-corrected chi connectivity index (χ4v) is 3.27. The second-order valence-corrected chi connectivity index (χ2v) is 7.04. The molecule has 8 heteroatoms. The van der Waals surface area contributed by atoms with Gasteiger partial charge in [-0.3, -0.25) is 4.90 Å². The largest absolute Gasteiger partial charge is 0.379 e. The molecule has 0 bridgehead atoms. The first-order chi connectivity index (χ1) is 12.7. The molecule has 0 atom stereocenters. The van der Waals surface area contributed by atoms with Gasteiger partial charge < -0.3 is 10.1 Å². The Morgan fingerprint density at radius 1 is 1.08 bits per heavy atom. The highest BCUT2D eigenvalue weighted by molar-refractivity contribution is 6.42. The first kappa shape index (κ1) is 17.5. The van der Waals surface area contributed by atoms with Gasteiger partial charge in [-0.15, -0.1) is 5.10 Å². The van der Waals surface area contributed by atoms with Crippen LogP contribution in [-0.2, 0) is 17.8 Å². The number of nitrogens with one attached hydrogen (secondary N) is 1. The number of fused-ring (bicyclic) bond motifs is 1. The first-order valence-corrected chi connectivity index (χ1v) is 9.26. The number of hydrogen-bond acceptors (Lipinski definition) is 5. The van der Waals surface area contributed by atoms with Crippen LogP contribution in [0.2, 0.25) is 10.0 Å². The van der Waals surface area contributed by atoms with E-state index in [-0.39, 0.29) is 0 Å². The van der Waals surface area contributed by atoms with E-state index in [2.05, 4.69) is 20.3 Å². The predicted octanol–water partition coefficient (Wildman–Crippen LogP) is 3.48. The van der Waals surface area contributed by atoms with Crippen LogP contribution >= 0.6 is 23.2 Å². The average molecular weight is 392 g/mol. The number of halogens is 2. The van der Waals surface area contributed by atoms with Crippen molar-refractivity contribution in [3.05, 3.63) is 57.8 Å². The Hall–Kier alpha value is -1.86. The number of rotatable bonds is 5. The third kappa shape index (κ3) is 3.94. The number of anilines is 1. The summed E-state index contributed by atoms with van der Waals surface area (Å²) in [6.07, 6.45) is 1.89. The number of morpholine rings is 1. The van der Waals surface area contributed by atoms with E-state index in [1.807, 2.05) is 35.0 Å². The minimum Gasteiger partial charge on any atom is -0.379 e. The predicted molar refractivity (Wildman–Crippen MR) is 103 cm³/mol.